The van der Waals surface area contributed by atoms with Gasteiger partial charge in [-0.1, -0.05) is 51.1 Å². The topological polar surface area (TPSA) is 38.0 Å². The molecule has 0 aliphatic heterocycles. The Balaban J connectivity index is -0.0000000406. The lowest BCUT2D eigenvalue weighted by Crippen LogP contribution is -2.09. The lowest BCUT2D eigenvalue weighted by Gasteiger charge is -1.86. The molecule has 0 fully saturated rings. The molecule has 3 heteroatoms. The van der Waals surface area contributed by atoms with Gasteiger partial charge in [0.25, 0.3) is 0 Å². The minimum atomic E-state index is 0. The van der Waals surface area contributed by atoms with E-state index >= 15 is 0 Å². The largest absolute Gasteiger partial charge is 0.331 e. The summed E-state index contributed by atoms with van der Waals surface area (Å²) < 4.78 is 0. The predicted molar refractivity (Wildman–Crippen MR) is 65.1 cm³/mol. The third-order valence-electron chi connectivity index (χ3n) is 0.500. The summed E-state index contributed by atoms with van der Waals surface area (Å²) in [5.41, 5.74) is 4.85. The number of hydrogen-bond acceptors (Lipinski definition) is 2. The number of halogens is 1. The van der Waals surface area contributed by atoms with Crippen LogP contribution in [0.25, 0.3) is 0 Å². The van der Waals surface area contributed by atoms with Gasteiger partial charge in [0.15, 0.2) is 0 Å². The summed E-state index contributed by atoms with van der Waals surface area (Å²) >= 11 is 3.15. The smallest absolute Gasteiger partial charge is 0.000281 e. The first-order chi connectivity index (χ1) is 5.24. The predicted octanol–water partition coefficient (Wildman–Crippen LogP) is 2.62. The van der Waals surface area contributed by atoms with Crippen LogP contribution in [-0.2, 0) is 0 Å². The Morgan fingerprint density at radius 2 is 1.25 bits per heavy atom. The van der Waals surface area contributed by atoms with Gasteiger partial charge in [0.1, 0.15) is 0 Å². The van der Waals surface area contributed by atoms with Crippen LogP contribution in [0.3, 0.4) is 0 Å². The third-order valence-corrected chi connectivity index (χ3v) is 0.500. The van der Waals surface area contributed by atoms with E-state index in [2.05, 4.69) is 35.1 Å². The van der Waals surface area contributed by atoms with Crippen LogP contribution in [0.15, 0.2) is 0 Å². The highest BCUT2D eigenvalue weighted by Crippen LogP contribution is 1.67. The van der Waals surface area contributed by atoms with E-state index in [0.717, 1.165) is 25.0 Å². The summed E-state index contributed by atoms with van der Waals surface area (Å²) in [5.74, 6) is 0. The molecule has 2 nitrogen and oxygen atoms in total. The van der Waals surface area contributed by atoms with E-state index in [1.165, 1.54) is 0 Å². The summed E-state index contributed by atoms with van der Waals surface area (Å²) in [5, 5.41) is 4.17. The van der Waals surface area contributed by atoms with Crippen LogP contribution in [0, 0.1) is 0 Å². The normalized spacial score (nSPS) is 6.50. The van der Waals surface area contributed by atoms with Crippen molar-refractivity contribution >= 4 is 15.9 Å². The highest BCUT2D eigenvalue weighted by molar-refractivity contribution is 9.09. The summed E-state index contributed by atoms with van der Waals surface area (Å²) in [7, 11) is 0. The first-order valence-electron chi connectivity index (χ1n) is 4.21. The third kappa shape index (κ3) is 160. The van der Waals surface area contributed by atoms with E-state index in [4.69, 9.17) is 5.73 Å². The molecule has 0 unspecified atom stereocenters. The van der Waals surface area contributed by atoms with E-state index < -0.39 is 0 Å². The fourth-order valence-electron chi connectivity index (χ4n) is 0.250. The van der Waals surface area contributed by atoms with Crippen LogP contribution in [0.4, 0.5) is 0 Å². The Labute approximate surface area is 87.4 Å². The zero-order valence-corrected chi connectivity index (χ0v) is 9.87. The molecule has 0 rings (SSSR count). The molecule has 3 N–H and O–H groups in total. The molecule has 12 heavy (non-hydrogen) atoms. The maximum Gasteiger partial charge on any atom is 0.000281 e. The van der Waals surface area contributed by atoms with Gasteiger partial charge in [-0.15, -0.1) is 0 Å². The first-order valence-corrected chi connectivity index (χ1v) is 5.33. The van der Waals surface area contributed by atoms with Gasteiger partial charge in [-0.05, 0) is 19.6 Å². The molecule has 0 bridgehead atoms. The summed E-state index contributed by atoms with van der Waals surface area (Å²) in [4.78, 5) is 0. The minimum Gasteiger partial charge on any atom is -0.331 e. The molecule has 0 saturated carbocycles. The van der Waals surface area contributed by atoms with Gasteiger partial charge in [-0.3, -0.25) is 0 Å². The van der Waals surface area contributed by atoms with Crippen molar-refractivity contribution in [3.05, 3.63) is 0 Å². The second kappa shape index (κ2) is 42.3. The van der Waals surface area contributed by atoms with E-state index in [1.54, 1.807) is 0 Å². The van der Waals surface area contributed by atoms with Crippen LogP contribution < -0.4 is 11.1 Å². The molecule has 0 heterocycles. The van der Waals surface area contributed by atoms with Crippen molar-refractivity contribution in [3.8, 4) is 0 Å². The van der Waals surface area contributed by atoms with Gasteiger partial charge in [-0.2, -0.15) is 0 Å². The molecule has 0 radical (unpaired) electrons. The fourth-order valence-corrected chi connectivity index (χ4v) is 0.250. The van der Waals surface area contributed by atoms with Crippen molar-refractivity contribution in [2.24, 2.45) is 5.73 Å². The van der Waals surface area contributed by atoms with Gasteiger partial charge in [0.2, 0.25) is 0 Å². The van der Waals surface area contributed by atoms with E-state index in [1.807, 2.05) is 13.8 Å². The molecule has 0 saturated heterocycles. The van der Waals surface area contributed by atoms with Gasteiger partial charge in [-0.25, -0.2) is 0 Å². The number of nitrogens with one attached hydrogen (secondary N) is 1. The summed E-state index contributed by atoms with van der Waals surface area (Å²) in [6.45, 7) is 11.1. The number of nitrogens with two attached hydrogens (primary N) is 1. The average Bonchev–Trinajstić information content (AvgIpc) is 1.92. The van der Waals surface area contributed by atoms with E-state index in [-0.39, 0.29) is 7.43 Å². The molecule has 0 aliphatic carbocycles. The van der Waals surface area contributed by atoms with Gasteiger partial charge in [0.05, 0.1) is 0 Å². The molecule has 0 aromatic heterocycles. The Kier molecular flexibility index (Phi) is 80.5. The maximum absolute atomic E-state index is 4.85. The van der Waals surface area contributed by atoms with Crippen LogP contribution in [-0.4, -0.2) is 25.0 Å². The molecule has 0 aromatic carbocycles. The van der Waals surface area contributed by atoms with E-state index in [0.29, 0.717) is 0 Å². The van der Waals surface area contributed by atoms with Crippen molar-refractivity contribution in [2.45, 2.75) is 35.1 Å². The zero-order valence-electron chi connectivity index (χ0n) is 8.28. The van der Waals surface area contributed by atoms with Gasteiger partial charge >= 0.3 is 0 Å². The molecular formula is C9H27BrN2. The Hall–Kier alpha value is 0.400. The van der Waals surface area contributed by atoms with Crippen LogP contribution in [0.1, 0.15) is 35.1 Å². The second-order valence-corrected chi connectivity index (χ2v) is 2.75. The number of alkyl halides is 1. The van der Waals surface area contributed by atoms with Crippen molar-refractivity contribution in [2.75, 3.05) is 25.0 Å². The van der Waals surface area contributed by atoms with Crippen molar-refractivity contribution in [1.29, 1.82) is 0 Å². The fraction of sp³-hybridized carbons (Fsp3) is 1.00. The Morgan fingerprint density at radius 1 is 1.08 bits per heavy atom. The van der Waals surface area contributed by atoms with Crippen LogP contribution >= 0.6 is 15.9 Å². The molecule has 0 aliphatic rings. The monoisotopic (exact) mass is 242 g/mol. The zero-order chi connectivity index (χ0) is 9.54. The molecule has 0 spiro atoms. The number of hydrogen-bond donors (Lipinski definition) is 2. The molecule has 80 valence electrons. The standard InChI is InChI=1S/C4H11N.C2H5Br.C2H7N.CH4/c1-3-5-4-2;2*1-2-3;/h5H,3-4H2,1-2H3;2H2,1H3;2-3H2,1H3;1H4. The molecule has 0 atom stereocenters. The highest BCUT2D eigenvalue weighted by atomic mass is 79.9. The lowest BCUT2D eigenvalue weighted by molar-refractivity contribution is 0.762. The van der Waals surface area contributed by atoms with Crippen molar-refractivity contribution in [3.63, 3.8) is 0 Å². The van der Waals surface area contributed by atoms with Crippen molar-refractivity contribution < 1.29 is 0 Å². The Bertz CT molecular complexity index is 31.7. The lowest BCUT2D eigenvalue weighted by atomic mass is 10.7. The summed E-state index contributed by atoms with van der Waals surface area (Å²) in [6.07, 6.45) is 0. The van der Waals surface area contributed by atoms with Crippen molar-refractivity contribution in [1.82, 2.24) is 5.32 Å². The SMILES string of the molecule is C.CCBr.CCN.CCNCC. The average molecular weight is 243 g/mol. The molecular weight excluding hydrogens is 216 g/mol. The first kappa shape index (κ1) is 22.8. The molecule has 0 aromatic rings. The number of rotatable bonds is 2. The minimum absolute atomic E-state index is 0. The Morgan fingerprint density at radius 3 is 1.25 bits per heavy atom. The van der Waals surface area contributed by atoms with Gasteiger partial charge in [0, 0.05) is 5.33 Å². The van der Waals surface area contributed by atoms with Crippen LogP contribution in [0.5, 0.6) is 0 Å². The highest BCUT2D eigenvalue weighted by Gasteiger charge is 1.62. The summed E-state index contributed by atoms with van der Waals surface area (Å²) in [6, 6.07) is 0. The van der Waals surface area contributed by atoms with E-state index in [9.17, 15) is 0 Å². The maximum atomic E-state index is 4.85. The second-order valence-electron chi connectivity index (χ2n) is 1.63. The molecule has 0 amide bonds. The quantitative estimate of drug-likeness (QED) is 0.732. The van der Waals surface area contributed by atoms with Crippen LogP contribution in [0.2, 0.25) is 0 Å². The van der Waals surface area contributed by atoms with Gasteiger partial charge < -0.3 is 11.1 Å².